The molecule has 1 rings (SSSR count). The molecule has 0 aromatic rings. The van der Waals surface area contributed by atoms with E-state index in [4.69, 9.17) is 20.6 Å². The van der Waals surface area contributed by atoms with Crippen molar-refractivity contribution in [2.24, 2.45) is 11.1 Å². The van der Waals surface area contributed by atoms with Gasteiger partial charge in [0.05, 0.1) is 25.7 Å². The summed E-state index contributed by atoms with van der Waals surface area (Å²) < 4.78 is 10.4. The van der Waals surface area contributed by atoms with Crippen LogP contribution in [0.4, 0.5) is 0 Å². The highest BCUT2D eigenvalue weighted by atomic mass is 16.5. The minimum Gasteiger partial charge on any atom is -0.387 e. The lowest BCUT2D eigenvalue weighted by molar-refractivity contribution is 0.0488. The largest absolute Gasteiger partial charge is 0.387 e. The van der Waals surface area contributed by atoms with E-state index in [1.807, 2.05) is 0 Å². The fourth-order valence-corrected chi connectivity index (χ4v) is 1.98. The van der Waals surface area contributed by atoms with Crippen LogP contribution >= 0.6 is 0 Å². The average molecular weight is 243 g/mol. The van der Waals surface area contributed by atoms with Crippen LogP contribution in [0.1, 0.15) is 19.8 Å². The minimum absolute atomic E-state index is 0.0899. The summed E-state index contributed by atoms with van der Waals surface area (Å²) in [5.74, 6) is 0.327. The Hall–Kier alpha value is -0.650. The maximum absolute atomic E-state index is 7.59. The van der Waals surface area contributed by atoms with Gasteiger partial charge in [-0.25, -0.2) is 0 Å². The fourth-order valence-electron chi connectivity index (χ4n) is 1.98. The molecule has 1 heterocycles. The number of ether oxygens (including phenoxy) is 2. The van der Waals surface area contributed by atoms with Crippen LogP contribution in [0.25, 0.3) is 0 Å². The summed E-state index contributed by atoms with van der Waals surface area (Å²) >= 11 is 0. The van der Waals surface area contributed by atoms with Crippen LogP contribution in [0.15, 0.2) is 0 Å². The first kappa shape index (κ1) is 14.4. The normalized spacial score (nSPS) is 20.4. The summed E-state index contributed by atoms with van der Waals surface area (Å²) in [5.41, 5.74) is 5.54. The maximum atomic E-state index is 7.59. The van der Waals surface area contributed by atoms with Gasteiger partial charge in [-0.3, -0.25) is 5.41 Å². The van der Waals surface area contributed by atoms with Gasteiger partial charge in [-0.2, -0.15) is 0 Å². The van der Waals surface area contributed by atoms with Crippen molar-refractivity contribution in [3.8, 4) is 0 Å². The van der Waals surface area contributed by atoms with E-state index in [2.05, 4.69) is 11.8 Å². The summed E-state index contributed by atoms with van der Waals surface area (Å²) in [6, 6.07) is 0. The van der Waals surface area contributed by atoms with Gasteiger partial charge in [0, 0.05) is 19.1 Å². The van der Waals surface area contributed by atoms with Crippen LogP contribution in [0.3, 0.4) is 0 Å². The van der Waals surface area contributed by atoms with E-state index in [1.54, 1.807) is 7.11 Å². The molecule has 0 aromatic carbocycles. The molecule has 0 radical (unpaired) electrons. The van der Waals surface area contributed by atoms with Gasteiger partial charge in [0.25, 0.3) is 0 Å². The van der Waals surface area contributed by atoms with Crippen molar-refractivity contribution in [2.75, 3.05) is 46.6 Å². The third-order valence-corrected chi connectivity index (χ3v) is 3.59. The first-order valence-electron chi connectivity index (χ1n) is 6.22. The quantitative estimate of drug-likeness (QED) is 0.392. The van der Waals surface area contributed by atoms with Crippen molar-refractivity contribution in [2.45, 2.75) is 19.8 Å². The number of rotatable bonds is 7. The van der Waals surface area contributed by atoms with E-state index in [9.17, 15) is 0 Å². The topological polar surface area (TPSA) is 71.6 Å². The molecule has 0 aliphatic carbocycles. The molecule has 0 aromatic heterocycles. The van der Waals surface area contributed by atoms with Crippen molar-refractivity contribution in [3.63, 3.8) is 0 Å². The highest BCUT2D eigenvalue weighted by Gasteiger charge is 2.32. The number of nitrogens with zero attached hydrogens (tertiary/aromatic N) is 1. The van der Waals surface area contributed by atoms with Gasteiger partial charge in [-0.1, -0.05) is 6.92 Å². The predicted molar refractivity (Wildman–Crippen MR) is 68.4 cm³/mol. The maximum Gasteiger partial charge on any atom is 0.0966 e. The Balaban J connectivity index is 2.13. The number of piperidine rings is 1. The molecule has 1 aliphatic heterocycles. The second-order valence-corrected chi connectivity index (χ2v) is 4.92. The summed E-state index contributed by atoms with van der Waals surface area (Å²) in [7, 11) is 1.68. The Morgan fingerprint density at radius 3 is 2.47 bits per heavy atom. The standard InChI is InChI=1S/C12H25N3O2/c1-12(11(13)14)3-5-15(6-4-12)7-8-17-10-9-16-2/h3-10H2,1-2H3,(H3,13,14). The zero-order valence-corrected chi connectivity index (χ0v) is 11.0. The van der Waals surface area contributed by atoms with E-state index < -0.39 is 0 Å². The van der Waals surface area contributed by atoms with Crippen molar-refractivity contribution < 1.29 is 9.47 Å². The molecule has 0 saturated carbocycles. The zero-order valence-electron chi connectivity index (χ0n) is 11.0. The molecule has 1 saturated heterocycles. The van der Waals surface area contributed by atoms with Gasteiger partial charge in [0.2, 0.25) is 0 Å². The van der Waals surface area contributed by atoms with Crippen LogP contribution in [0.2, 0.25) is 0 Å². The highest BCUT2D eigenvalue weighted by molar-refractivity contribution is 5.83. The molecule has 100 valence electrons. The Bertz CT molecular complexity index is 238. The summed E-state index contributed by atoms with van der Waals surface area (Å²) in [6.45, 7) is 7.12. The molecule has 0 unspecified atom stereocenters. The number of nitrogens with two attached hydrogens (primary N) is 1. The Labute approximate surface area is 104 Å². The van der Waals surface area contributed by atoms with E-state index >= 15 is 0 Å². The van der Waals surface area contributed by atoms with Crippen LogP contribution in [-0.2, 0) is 9.47 Å². The lowest BCUT2D eigenvalue weighted by Crippen LogP contribution is -2.45. The van der Waals surface area contributed by atoms with Crippen molar-refractivity contribution in [1.82, 2.24) is 4.90 Å². The molecule has 5 heteroatoms. The Kier molecular flexibility index (Phi) is 5.88. The third-order valence-electron chi connectivity index (χ3n) is 3.59. The van der Waals surface area contributed by atoms with Gasteiger partial charge in [0.1, 0.15) is 0 Å². The minimum atomic E-state index is -0.0899. The number of likely N-dealkylation sites (tertiary alicyclic amines) is 1. The molecule has 1 fully saturated rings. The molecule has 0 atom stereocenters. The summed E-state index contributed by atoms with van der Waals surface area (Å²) in [5, 5.41) is 7.59. The Morgan fingerprint density at radius 2 is 1.94 bits per heavy atom. The van der Waals surface area contributed by atoms with Crippen LogP contribution in [0.5, 0.6) is 0 Å². The lowest BCUT2D eigenvalue weighted by Gasteiger charge is -2.38. The number of nitrogens with one attached hydrogen (secondary N) is 1. The smallest absolute Gasteiger partial charge is 0.0966 e. The first-order valence-corrected chi connectivity index (χ1v) is 6.22. The molecule has 0 spiro atoms. The van der Waals surface area contributed by atoms with Crippen LogP contribution in [0, 0.1) is 10.8 Å². The number of hydrogen-bond donors (Lipinski definition) is 2. The van der Waals surface area contributed by atoms with Crippen molar-refractivity contribution in [1.29, 1.82) is 5.41 Å². The summed E-state index contributed by atoms with van der Waals surface area (Å²) in [6.07, 6.45) is 1.95. The van der Waals surface area contributed by atoms with Gasteiger partial charge < -0.3 is 20.1 Å². The number of hydrogen-bond acceptors (Lipinski definition) is 4. The van der Waals surface area contributed by atoms with E-state index in [1.165, 1.54) is 0 Å². The van der Waals surface area contributed by atoms with E-state index in [0.717, 1.165) is 39.1 Å². The van der Waals surface area contributed by atoms with Crippen LogP contribution < -0.4 is 5.73 Å². The highest BCUT2D eigenvalue weighted by Crippen LogP contribution is 2.30. The second kappa shape index (κ2) is 6.93. The molecule has 1 aliphatic rings. The van der Waals surface area contributed by atoms with Gasteiger partial charge in [-0.15, -0.1) is 0 Å². The lowest BCUT2D eigenvalue weighted by atomic mass is 9.79. The first-order chi connectivity index (χ1) is 8.08. The summed E-state index contributed by atoms with van der Waals surface area (Å²) in [4.78, 5) is 2.37. The molecular weight excluding hydrogens is 218 g/mol. The van der Waals surface area contributed by atoms with Crippen LogP contribution in [-0.4, -0.2) is 57.3 Å². The third kappa shape index (κ3) is 4.61. The van der Waals surface area contributed by atoms with Crippen molar-refractivity contribution >= 4 is 5.84 Å². The van der Waals surface area contributed by atoms with Gasteiger partial charge >= 0.3 is 0 Å². The molecular formula is C12H25N3O2. The van der Waals surface area contributed by atoms with E-state index in [-0.39, 0.29) is 5.41 Å². The van der Waals surface area contributed by atoms with Crippen molar-refractivity contribution in [3.05, 3.63) is 0 Å². The Morgan fingerprint density at radius 1 is 1.29 bits per heavy atom. The molecule has 17 heavy (non-hydrogen) atoms. The SMILES string of the molecule is COCCOCCN1CCC(C)(C(=N)N)CC1. The fraction of sp³-hybridized carbons (Fsp3) is 0.917. The molecule has 3 N–H and O–H groups in total. The second-order valence-electron chi connectivity index (χ2n) is 4.92. The monoisotopic (exact) mass is 243 g/mol. The van der Waals surface area contributed by atoms with Gasteiger partial charge in [-0.05, 0) is 25.9 Å². The number of methoxy groups -OCH3 is 1. The molecule has 0 bridgehead atoms. The van der Waals surface area contributed by atoms with E-state index in [0.29, 0.717) is 19.0 Å². The molecule has 5 nitrogen and oxygen atoms in total. The number of amidine groups is 1. The predicted octanol–water partition coefficient (Wildman–Crippen LogP) is 0.687. The average Bonchev–Trinajstić information content (AvgIpc) is 2.31. The zero-order chi connectivity index (χ0) is 12.7. The van der Waals surface area contributed by atoms with Gasteiger partial charge in [0.15, 0.2) is 0 Å². The molecule has 0 amide bonds.